The molecule has 0 aliphatic rings. The van der Waals surface area contributed by atoms with Crippen LogP contribution in [0, 0.1) is 0 Å². The van der Waals surface area contributed by atoms with Gasteiger partial charge in [-0.05, 0) is 35.8 Å². The Hall–Kier alpha value is -3.13. The van der Waals surface area contributed by atoms with Gasteiger partial charge in [-0.25, -0.2) is 4.79 Å². The van der Waals surface area contributed by atoms with E-state index in [1.807, 2.05) is 78.9 Å². The number of rotatable bonds is 4. The van der Waals surface area contributed by atoms with Crippen molar-refractivity contribution in [3.8, 4) is 5.75 Å². The normalized spacial score (nSPS) is 10.0. The highest BCUT2D eigenvalue weighted by molar-refractivity contribution is 6.02. The average molecular weight is 314 g/mol. The smallest absolute Gasteiger partial charge is 0.339 e. The molecule has 2 heteroatoms. The van der Waals surface area contributed by atoms with Gasteiger partial charge >= 0.3 is 5.97 Å². The zero-order chi connectivity index (χ0) is 16.8. The van der Waals surface area contributed by atoms with Crippen LogP contribution < -0.4 is 4.74 Å². The molecule has 2 nitrogen and oxygen atoms in total. The quantitative estimate of drug-likeness (QED) is 0.380. The summed E-state index contributed by atoms with van der Waals surface area (Å²) in [4.78, 5) is 12.6. The van der Waals surface area contributed by atoms with Gasteiger partial charge in [0.25, 0.3) is 0 Å². The Balaban J connectivity index is 2.03. The first-order chi connectivity index (χ1) is 11.8. The van der Waals surface area contributed by atoms with Crippen molar-refractivity contribution in [1.82, 2.24) is 0 Å². The summed E-state index contributed by atoms with van der Waals surface area (Å²) >= 11 is 0. The van der Waals surface area contributed by atoms with Crippen LogP contribution in [0.2, 0.25) is 0 Å². The Morgan fingerprint density at radius 3 is 1.54 bits per heavy atom. The predicted molar refractivity (Wildman–Crippen MR) is 96.7 cm³/mol. The SMILES string of the molecule is CC(C(=O)Oc1ccccc1)=C(c1ccccc1)c1ccccc1. The van der Waals surface area contributed by atoms with Crippen molar-refractivity contribution >= 4 is 11.5 Å². The van der Waals surface area contributed by atoms with Crippen molar-refractivity contribution < 1.29 is 9.53 Å². The standard InChI is InChI=1S/C22H18O2/c1-17(22(23)24-20-15-9-4-10-16-20)21(18-11-5-2-6-12-18)19-13-7-3-8-14-19/h2-16H,1H3. The Morgan fingerprint density at radius 1 is 0.667 bits per heavy atom. The fraction of sp³-hybridized carbons (Fsp3) is 0.0455. The van der Waals surface area contributed by atoms with Gasteiger partial charge in [-0.15, -0.1) is 0 Å². The van der Waals surface area contributed by atoms with Crippen LogP contribution in [-0.2, 0) is 4.79 Å². The Morgan fingerprint density at radius 2 is 1.08 bits per heavy atom. The number of carbonyl (C=O) groups is 1. The van der Waals surface area contributed by atoms with Gasteiger partial charge < -0.3 is 4.74 Å². The molecule has 0 unspecified atom stereocenters. The number of ether oxygens (including phenoxy) is 1. The highest BCUT2D eigenvalue weighted by Gasteiger charge is 2.16. The number of hydrogen-bond donors (Lipinski definition) is 0. The van der Waals surface area contributed by atoms with E-state index in [9.17, 15) is 4.79 Å². The van der Waals surface area contributed by atoms with Crippen LogP contribution in [0.25, 0.3) is 5.57 Å². The fourth-order valence-corrected chi connectivity index (χ4v) is 2.58. The monoisotopic (exact) mass is 314 g/mol. The summed E-state index contributed by atoms with van der Waals surface area (Å²) in [6, 6.07) is 28.9. The van der Waals surface area contributed by atoms with Crippen LogP contribution in [0.1, 0.15) is 18.1 Å². The maximum absolute atomic E-state index is 12.6. The Labute approximate surface area is 142 Å². The van der Waals surface area contributed by atoms with Gasteiger partial charge in [0, 0.05) is 5.57 Å². The minimum Gasteiger partial charge on any atom is -0.423 e. The van der Waals surface area contributed by atoms with Crippen molar-refractivity contribution in [3.05, 3.63) is 108 Å². The van der Waals surface area contributed by atoms with Crippen LogP contribution in [0.15, 0.2) is 96.6 Å². The van der Waals surface area contributed by atoms with E-state index in [1.54, 1.807) is 19.1 Å². The van der Waals surface area contributed by atoms with E-state index >= 15 is 0 Å². The largest absolute Gasteiger partial charge is 0.423 e. The maximum atomic E-state index is 12.6. The lowest BCUT2D eigenvalue weighted by molar-refractivity contribution is -0.130. The first-order valence-corrected chi connectivity index (χ1v) is 7.84. The molecule has 0 amide bonds. The van der Waals surface area contributed by atoms with Gasteiger partial charge in [0.2, 0.25) is 0 Å². The summed E-state index contributed by atoms with van der Waals surface area (Å²) in [6.45, 7) is 1.81. The molecular weight excluding hydrogens is 296 g/mol. The molecule has 0 aliphatic heterocycles. The number of para-hydroxylation sites is 1. The van der Waals surface area contributed by atoms with E-state index in [1.165, 1.54) is 0 Å². The lowest BCUT2D eigenvalue weighted by atomic mass is 9.93. The molecule has 118 valence electrons. The molecule has 0 heterocycles. The molecule has 3 rings (SSSR count). The summed E-state index contributed by atoms with van der Waals surface area (Å²) in [5.41, 5.74) is 3.45. The molecule has 0 bridgehead atoms. The fourth-order valence-electron chi connectivity index (χ4n) is 2.58. The molecule has 0 aromatic heterocycles. The Kier molecular flexibility index (Phi) is 4.87. The highest BCUT2D eigenvalue weighted by Crippen LogP contribution is 2.27. The van der Waals surface area contributed by atoms with E-state index in [4.69, 9.17) is 4.74 Å². The highest BCUT2D eigenvalue weighted by atomic mass is 16.5. The lowest BCUT2D eigenvalue weighted by Crippen LogP contribution is -2.11. The minimum absolute atomic E-state index is 0.344. The number of benzene rings is 3. The minimum atomic E-state index is -0.344. The van der Waals surface area contributed by atoms with E-state index < -0.39 is 0 Å². The van der Waals surface area contributed by atoms with Crippen LogP contribution in [-0.4, -0.2) is 5.97 Å². The molecule has 0 atom stereocenters. The van der Waals surface area contributed by atoms with Gasteiger partial charge in [0.1, 0.15) is 5.75 Å². The Bertz CT molecular complexity index is 793. The molecular formula is C22H18O2. The molecule has 0 radical (unpaired) electrons. The summed E-state index contributed by atoms with van der Waals surface area (Å²) in [5, 5.41) is 0. The van der Waals surface area contributed by atoms with Crippen molar-refractivity contribution in [2.24, 2.45) is 0 Å². The lowest BCUT2D eigenvalue weighted by Gasteiger charge is -2.13. The van der Waals surface area contributed by atoms with Crippen LogP contribution in [0.5, 0.6) is 5.75 Å². The molecule has 0 aliphatic carbocycles. The molecule has 3 aromatic carbocycles. The molecule has 0 N–H and O–H groups in total. The second-order valence-electron chi connectivity index (χ2n) is 5.43. The van der Waals surface area contributed by atoms with Gasteiger partial charge in [-0.3, -0.25) is 0 Å². The van der Waals surface area contributed by atoms with E-state index in [-0.39, 0.29) is 5.97 Å². The van der Waals surface area contributed by atoms with Crippen LogP contribution in [0.4, 0.5) is 0 Å². The summed E-state index contributed by atoms with van der Waals surface area (Å²) in [7, 11) is 0. The van der Waals surface area contributed by atoms with Crippen LogP contribution in [0.3, 0.4) is 0 Å². The molecule has 0 saturated heterocycles. The number of carbonyl (C=O) groups excluding carboxylic acids is 1. The number of hydrogen-bond acceptors (Lipinski definition) is 2. The average Bonchev–Trinajstić information content (AvgIpc) is 2.64. The van der Waals surface area contributed by atoms with E-state index in [0.29, 0.717) is 11.3 Å². The van der Waals surface area contributed by atoms with Crippen molar-refractivity contribution in [2.75, 3.05) is 0 Å². The second-order valence-corrected chi connectivity index (χ2v) is 5.43. The zero-order valence-electron chi connectivity index (χ0n) is 13.5. The molecule has 0 fully saturated rings. The maximum Gasteiger partial charge on any atom is 0.339 e. The molecule has 0 spiro atoms. The summed E-state index contributed by atoms with van der Waals surface area (Å²) < 4.78 is 5.50. The van der Waals surface area contributed by atoms with E-state index in [2.05, 4.69) is 0 Å². The third kappa shape index (κ3) is 3.61. The van der Waals surface area contributed by atoms with Gasteiger partial charge in [-0.1, -0.05) is 78.9 Å². The predicted octanol–water partition coefficient (Wildman–Crippen LogP) is 5.11. The van der Waals surface area contributed by atoms with Crippen molar-refractivity contribution in [2.45, 2.75) is 6.92 Å². The zero-order valence-corrected chi connectivity index (χ0v) is 13.5. The first-order valence-electron chi connectivity index (χ1n) is 7.84. The molecule has 3 aromatic rings. The second kappa shape index (κ2) is 7.42. The van der Waals surface area contributed by atoms with Crippen molar-refractivity contribution in [3.63, 3.8) is 0 Å². The van der Waals surface area contributed by atoms with Gasteiger partial charge in [0.15, 0.2) is 0 Å². The van der Waals surface area contributed by atoms with E-state index in [0.717, 1.165) is 16.7 Å². The van der Waals surface area contributed by atoms with Crippen molar-refractivity contribution in [1.29, 1.82) is 0 Å². The third-order valence-electron chi connectivity index (χ3n) is 3.76. The third-order valence-corrected chi connectivity index (χ3v) is 3.76. The van der Waals surface area contributed by atoms with Gasteiger partial charge in [-0.2, -0.15) is 0 Å². The molecule has 24 heavy (non-hydrogen) atoms. The summed E-state index contributed by atoms with van der Waals surface area (Å²) in [6.07, 6.45) is 0. The molecule has 0 saturated carbocycles. The summed E-state index contributed by atoms with van der Waals surface area (Å²) in [5.74, 6) is 0.200. The van der Waals surface area contributed by atoms with Crippen LogP contribution >= 0.6 is 0 Å². The number of esters is 1. The van der Waals surface area contributed by atoms with Gasteiger partial charge in [0.05, 0.1) is 0 Å². The topological polar surface area (TPSA) is 26.3 Å². The first kappa shape index (κ1) is 15.8.